The summed E-state index contributed by atoms with van der Waals surface area (Å²) in [5.41, 5.74) is 2.15. The number of sulfonamides is 1. The molecule has 7 nitrogen and oxygen atoms in total. The Morgan fingerprint density at radius 2 is 2.03 bits per heavy atom. The summed E-state index contributed by atoms with van der Waals surface area (Å²) < 4.78 is 35.4. The van der Waals surface area contributed by atoms with Crippen LogP contribution in [0.3, 0.4) is 0 Å². The molecule has 4 aromatic rings. The molecule has 0 aliphatic carbocycles. The van der Waals surface area contributed by atoms with Crippen LogP contribution in [0.25, 0.3) is 10.9 Å². The number of thiophene rings is 1. The lowest BCUT2D eigenvalue weighted by molar-refractivity contribution is 0.420. The summed E-state index contributed by atoms with van der Waals surface area (Å²) in [5.74, 6) is 0.714. The summed E-state index contributed by atoms with van der Waals surface area (Å²) in [6.45, 7) is 0.375. The van der Waals surface area contributed by atoms with Crippen molar-refractivity contribution in [3.8, 4) is 11.8 Å². The standard InChI is InChI=1S/C20H16N4O3S2/c1-27-17-8-3-7-16-19(17)20(23-29(25,26)18-9-4-10-28-18)22-24(16)13-15-6-2-5-14(11-15)12-21/h2-11H,13H2,1H3,(H,22,23). The van der Waals surface area contributed by atoms with Crippen molar-refractivity contribution >= 4 is 38.1 Å². The van der Waals surface area contributed by atoms with Crippen LogP contribution < -0.4 is 9.46 Å². The van der Waals surface area contributed by atoms with Gasteiger partial charge in [0.2, 0.25) is 0 Å². The summed E-state index contributed by atoms with van der Waals surface area (Å²) in [6, 6.07) is 18.0. The van der Waals surface area contributed by atoms with Crippen molar-refractivity contribution in [3.63, 3.8) is 0 Å². The van der Waals surface area contributed by atoms with Gasteiger partial charge in [-0.25, -0.2) is 8.42 Å². The first-order valence-corrected chi connectivity index (χ1v) is 11.0. The summed E-state index contributed by atoms with van der Waals surface area (Å²) in [4.78, 5) is 0. The van der Waals surface area contributed by atoms with Gasteiger partial charge in [-0.1, -0.05) is 24.3 Å². The lowest BCUT2D eigenvalue weighted by Crippen LogP contribution is -2.12. The van der Waals surface area contributed by atoms with Crippen LogP contribution in [-0.4, -0.2) is 25.3 Å². The Kier molecular flexibility index (Phi) is 4.96. The zero-order valence-electron chi connectivity index (χ0n) is 15.4. The number of ether oxygens (including phenoxy) is 1. The van der Waals surface area contributed by atoms with E-state index in [4.69, 9.17) is 10.00 Å². The van der Waals surface area contributed by atoms with Crippen LogP contribution in [0.2, 0.25) is 0 Å². The fraction of sp³-hybridized carbons (Fsp3) is 0.100. The maximum Gasteiger partial charge on any atom is 0.272 e. The molecule has 9 heteroatoms. The number of anilines is 1. The number of benzene rings is 2. The number of hydrogen-bond acceptors (Lipinski definition) is 6. The monoisotopic (exact) mass is 424 g/mol. The molecule has 4 rings (SSSR count). The van der Waals surface area contributed by atoms with E-state index in [2.05, 4.69) is 15.9 Å². The van der Waals surface area contributed by atoms with Gasteiger partial charge in [-0.05, 0) is 41.3 Å². The Morgan fingerprint density at radius 1 is 1.21 bits per heavy atom. The Balaban J connectivity index is 1.81. The minimum atomic E-state index is -3.76. The molecule has 0 aliphatic rings. The fourth-order valence-electron chi connectivity index (χ4n) is 3.07. The van der Waals surface area contributed by atoms with Crippen molar-refractivity contribution in [1.82, 2.24) is 9.78 Å². The third kappa shape index (κ3) is 3.68. The van der Waals surface area contributed by atoms with Gasteiger partial charge in [0.1, 0.15) is 9.96 Å². The van der Waals surface area contributed by atoms with Crippen molar-refractivity contribution in [3.05, 3.63) is 71.1 Å². The van der Waals surface area contributed by atoms with Crippen molar-refractivity contribution in [2.24, 2.45) is 0 Å². The number of fused-ring (bicyclic) bond motifs is 1. The van der Waals surface area contributed by atoms with Gasteiger partial charge in [0.05, 0.1) is 36.2 Å². The molecule has 0 amide bonds. The molecule has 0 unspecified atom stereocenters. The highest BCUT2D eigenvalue weighted by atomic mass is 32.2. The molecule has 0 bridgehead atoms. The molecule has 146 valence electrons. The Bertz CT molecular complexity index is 1320. The second-order valence-corrected chi connectivity index (χ2v) is 9.07. The van der Waals surface area contributed by atoms with Gasteiger partial charge in [-0.15, -0.1) is 11.3 Å². The first-order valence-electron chi connectivity index (χ1n) is 8.61. The Labute approximate surface area is 171 Å². The molecule has 0 fully saturated rings. The van der Waals surface area contributed by atoms with Crippen molar-refractivity contribution in [2.45, 2.75) is 10.8 Å². The van der Waals surface area contributed by atoms with Crippen LogP contribution in [0.4, 0.5) is 5.82 Å². The quantitative estimate of drug-likeness (QED) is 0.507. The number of nitrogens with one attached hydrogen (secondary N) is 1. The molecule has 0 spiro atoms. The molecule has 2 aromatic heterocycles. The minimum Gasteiger partial charge on any atom is -0.496 e. The number of hydrogen-bond donors (Lipinski definition) is 1. The molecule has 0 aliphatic heterocycles. The smallest absolute Gasteiger partial charge is 0.272 e. The predicted molar refractivity (Wildman–Crippen MR) is 112 cm³/mol. The molecule has 1 N–H and O–H groups in total. The molecule has 0 atom stereocenters. The molecule has 0 saturated heterocycles. The molecular weight excluding hydrogens is 408 g/mol. The highest BCUT2D eigenvalue weighted by Gasteiger charge is 2.22. The third-order valence-corrected chi connectivity index (χ3v) is 7.08. The molecule has 2 aromatic carbocycles. The van der Waals surface area contributed by atoms with Crippen LogP contribution >= 0.6 is 11.3 Å². The van der Waals surface area contributed by atoms with Gasteiger partial charge >= 0.3 is 0 Å². The Morgan fingerprint density at radius 3 is 2.76 bits per heavy atom. The SMILES string of the molecule is COc1cccc2c1c(NS(=O)(=O)c1cccs1)nn2Cc1cccc(C#N)c1. The second-order valence-electron chi connectivity index (χ2n) is 6.21. The highest BCUT2D eigenvalue weighted by molar-refractivity contribution is 7.94. The number of methoxy groups -OCH3 is 1. The van der Waals surface area contributed by atoms with Crippen LogP contribution in [0.1, 0.15) is 11.1 Å². The van der Waals surface area contributed by atoms with E-state index in [9.17, 15) is 8.42 Å². The van der Waals surface area contributed by atoms with E-state index in [-0.39, 0.29) is 10.0 Å². The van der Waals surface area contributed by atoms with E-state index < -0.39 is 10.0 Å². The second kappa shape index (κ2) is 7.58. The molecule has 0 saturated carbocycles. The van der Waals surface area contributed by atoms with Gasteiger partial charge in [0.15, 0.2) is 5.82 Å². The van der Waals surface area contributed by atoms with Crippen molar-refractivity contribution < 1.29 is 13.2 Å². The molecule has 0 radical (unpaired) electrons. The normalized spacial score (nSPS) is 11.3. The predicted octanol–water partition coefficient (Wildman–Crippen LogP) is 3.83. The van der Waals surface area contributed by atoms with Gasteiger partial charge < -0.3 is 4.74 Å². The van der Waals surface area contributed by atoms with E-state index in [1.54, 1.807) is 40.4 Å². The zero-order chi connectivity index (χ0) is 20.4. The molecule has 2 heterocycles. The minimum absolute atomic E-state index is 0.197. The summed E-state index contributed by atoms with van der Waals surface area (Å²) in [5, 5.41) is 15.9. The number of nitriles is 1. The highest BCUT2D eigenvalue weighted by Crippen LogP contribution is 2.34. The van der Waals surface area contributed by atoms with Crippen LogP contribution in [0.5, 0.6) is 5.75 Å². The van der Waals surface area contributed by atoms with E-state index >= 15 is 0 Å². The average Bonchev–Trinajstić information content (AvgIpc) is 3.38. The average molecular weight is 425 g/mol. The first-order chi connectivity index (χ1) is 14.0. The third-order valence-electron chi connectivity index (χ3n) is 4.34. The van der Waals surface area contributed by atoms with Gasteiger partial charge in [0.25, 0.3) is 10.0 Å². The van der Waals surface area contributed by atoms with E-state index in [0.29, 0.717) is 23.2 Å². The molecular formula is C20H16N4O3S2. The van der Waals surface area contributed by atoms with Crippen molar-refractivity contribution in [2.75, 3.05) is 11.8 Å². The lowest BCUT2D eigenvalue weighted by atomic mass is 10.1. The molecule has 29 heavy (non-hydrogen) atoms. The van der Waals surface area contributed by atoms with Gasteiger partial charge in [0, 0.05) is 0 Å². The zero-order valence-corrected chi connectivity index (χ0v) is 17.0. The van der Waals surface area contributed by atoms with Crippen LogP contribution in [0.15, 0.2) is 64.2 Å². The van der Waals surface area contributed by atoms with E-state index in [1.165, 1.54) is 13.2 Å². The van der Waals surface area contributed by atoms with E-state index in [0.717, 1.165) is 22.4 Å². The summed E-state index contributed by atoms with van der Waals surface area (Å²) in [6.07, 6.45) is 0. The van der Waals surface area contributed by atoms with E-state index in [1.807, 2.05) is 18.2 Å². The Hall–Kier alpha value is -3.35. The van der Waals surface area contributed by atoms with Crippen LogP contribution in [-0.2, 0) is 16.6 Å². The van der Waals surface area contributed by atoms with Gasteiger partial charge in [-0.3, -0.25) is 9.40 Å². The maximum absolute atomic E-state index is 12.7. The topological polar surface area (TPSA) is 97.0 Å². The number of rotatable bonds is 6. The first kappa shape index (κ1) is 19.0. The summed E-state index contributed by atoms with van der Waals surface area (Å²) in [7, 11) is -2.23. The van der Waals surface area contributed by atoms with Crippen molar-refractivity contribution in [1.29, 1.82) is 5.26 Å². The van der Waals surface area contributed by atoms with Gasteiger partial charge in [-0.2, -0.15) is 10.4 Å². The van der Waals surface area contributed by atoms with Crippen LogP contribution in [0, 0.1) is 11.3 Å². The largest absolute Gasteiger partial charge is 0.496 e. The fourth-order valence-corrected chi connectivity index (χ4v) is 5.07. The summed E-state index contributed by atoms with van der Waals surface area (Å²) >= 11 is 1.13. The maximum atomic E-state index is 12.7. The number of nitrogens with zero attached hydrogens (tertiary/aromatic N) is 3. The number of aromatic nitrogens is 2. The lowest BCUT2D eigenvalue weighted by Gasteiger charge is -2.06.